The molecule has 0 saturated heterocycles. The number of aromatic amines is 1. The number of hydrogen-bond donors (Lipinski definition) is 4. The summed E-state index contributed by atoms with van der Waals surface area (Å²) in [5.74, 6) is 0.849. The minimum Gasteiger partial charge on any atom is -0.446 e. The van der Waals surface area contributed by atoms with Crippen LogP contribution in [0, 0.1) is 0 Å². The maximum atomic E-state index is 12.0. The predicted molar refractivity (Wildman–Crippen MR) is 112 cm³/mol. The summed E-state index contributed by atoms with van der Waals surface area (Å²) in [5.41, 5.74) is 2.07. The topological polar surface area (TPSA) is 125 Å². The fourth-order valence-electron chi connectivity index (χ4n) is 3.93. The molecule has 2 aromatic rings. The van der Waals surface area contributed by atoms with E-state index in [0.717, 1.165) is 25.0 Å². The van der Waals surface area contributed by atoms with Crippen LogP contribution in [0.15, 0.2) is 29.2 Å². The number of nitrogens with zero attached hydrogens (tertiary/aromatic N) is 1. The Morgan fingerprint density at radius 3 is 2.83 bits per heavy atom. The molecular formula is C20H27N5O4S. The van der Waals surface area contributed by atoms with Gasteiger partial charge in [-0.15, -0.1) is 0 Å². The first kappa shape index (κ1) is 20.7. The second kappa shape index (κ2) is 7.59. The van der Waals surface area contributed by atoms with Crippen LogP contribution in [-0.4, -0.2) is 36.4 Å². The number of ether oxygens (including phenoxy) is 1. The summed E-state index contributed by atoms with van der Waals surface area (Å²) in [4.78, 5) is 12.3. The average molecular weight is 434 g/mol. The van der Waals surface area contributed by atoms with Gasteiger partial charge in [0.05, 0.1) is 4.90 Å². The van der Waals surface area contributed by atoms with Crippen molar-refractivity contribution in [1.29, 1.82) is 0 Å². The second-order valence-electron chi connectivity index (χ2n) is 8.85. The Balaban J connectivity index is 1.39. The molecule has 10 heteroatoms. The molecule has 1 aliphatic heterocycles. The van der Waals surface area contributed by atoms with Gasteiger partial charge in [-0.05, 0) is 52.2 Å². The van der Waals surface area contributed by atoms with Gasteiger partial charge in [-0.2, -0.15) is 5.10 Å². The number of carbonyl (C=O) groups is 1. The lowest BCUT2D eigenvalue weighted by atomic mass is 10.0. The highest BCUT2D eigenvalue weighted by atomic mass is 32.2. The average Bonchev–Trinajstić information content (AvgIpc) is 3.34. The van der Waals surface area contributed by atoms with Gasteiger partial charge >= 0.3 is 6.09 Å². The van der Waals surface area contributed by atoms with E-state index in [1.165, 1.54) is 0 Å². The number of carbonyl (C=O) groups excluding carboxylic acids is 1. The van der Waals surface area contributed by atoms with Crippen molar-refractivity contribution >= 4 is 27.6 Å². The van der Waals surface area contributed by atoms with Gasteiger partial charge in [0.25, 0.3) is 0 Å². The van der Waals surface area contributed by atoms with Gasteiger partial charge in [-0.1, -0.05) is 6.07 Å². The van der Waals surface area contributed by atoms with Crippen molar-refractivity contribution in [2.45, 2.75) is 69.0 Å². The fraction of sp³-hybridized carbons (Fsp3) is 0.500. The third kappa shape index (κ3) is 4.44. The normalized spacial score (nSPS) is 22.5. The predicted octanol–water partition coefficient (Wildman–Crippen LogP) is 3.11. The van der Waals surface area contributed by atoms with E-state index in [1.807, 2.05) is 32.9 Å². The van der Waals surface area contributed by atoms with E-state index in [1.54, 1.807) is 12.1 Å². The van der Waals surface area contributed by atoms with Crippen molar-refractivity contribution in [2.75, 3.05) is 5.32 Å². The first-order valence-corrected chi connectivity index (χ1v) is 11.5. The van der Waals surface area contributed by atoms with E-state index in [0.29, 0.717) is 22.0 Å². The van der Waals surface area contributed by atoms with Crippen molar-refractivity contribution < 1.29 is 17.9 Å². The van der Waals surface area contributed by atoms with Gasteiger partial charge in [0.2, 0.25) is 10.0 Å². The minimum atomic E-state index is -3.42. The maximum absolute atomic E-state index is 12.0. The number of aromatic nitrogens is 2. The number of rotatable bonds is 4. The summed E-state index contributed by atoms with van der Waals surface area (Å²) in [6, 6.07) is 7.07. The van der Waals surface area contributed by atoms with Gasteiger partial charge in [0.1, 0.15) is 6.10 Å². The van der Waals surface area contributed by atoms with Crippen molar-refractivity contribution in [3.05, 3.63) is 35.5 Å². The summed E-state index contributed by atoms with van der Waals surface area (Å²) in [5, 5.41) is 13.4. The van der Waals surface area contributed by atoms with Crippen LogP contribution < -0.4 is 15.4 Å². The summed E-state index contributed by atoms with van der Waals surface area (Å²) in [6.07, 6.45) is 1.94. The van der Waals surface area contributed by atoms with Crippen molar-refractivity contribution in [1.82, 2.24) is 20.2 Å². The summed E-state index contributed by atoms with van der Waals surface area (Å²) < 4.78 is 32.1. The van der Waals surface area contributed by atoms with Crippen molar-refractivity contribution in [2.24, 2.45) is 0 Å². The van der Waals surface area contributed by atoms with Crippen LogP contribution in [0.2, 0.25) is 0 Å². The molecule has 1 aromatic heterocycles. The highest BCUT2D eigenvalue weighted by Crippen LogP contribution is 2.37. The number of benzene rings is 1. The Labute approximate surface area is 176 Å². The van der Waals surface area contributed by atoms with Crippen LogP contribution in [0.4, 0.5) is 16.3 Å². The lowest BCUT2D eigenvalue weighted by Crippen LogP contribution is -2.42. The zero-order valence-corrected chi connectivity index (χ0v) is 18.1. The Morgan fingerprint density at radius 2 is 2.07 bits per heavy atom. The molecule has 0 spiro atoms. The first-order chi connectivity index (χ1) is 14.1. The standard InChI is InChI=1S/C20H27N5O4S/c1-20(2,3)23-19(26)29-13-8-7-12(9-13)16-10-18(25-24-16)22-15-5-4-6-17-14(15)11-21-30(17,27)28/h4-6,10,12-13,21H,7-9,11H2,1-3H3,(H,23,26)(H2,22,24,25)/t12-,13+/m0/s1. The molecule has 2 aliphatic rings. The van der Waals surface area contributed by atoms with Crippen molar-refractivity contribution in [3.63, 3.8) is 0 Å². The molecule has 4 N–H and O–H groups in total. The van der Waals surface area contributed by atoms with Gasteiger partial charge in [0.15, 0.2) is 5.82 Å². The van der Waals surface area contributed by atoms with E-state index >= 15 is 0 Å². The molecule has 2 atom stereocenters. The van der Waals surface area contributed by atoms with Gasteiger partial charge in [-0.25, -0.2) is 17.9 Å². The lowest BCUT2D eigenvalue weighted by molar-refractivity contribution is 0.0936. The van der Waals surface area contributed by atoms with Crippen LogP contribution in [0.1, 0.15) is 57.2 Å². The number of fused-ring (bicyclic) bond motifs is 1. The Hall–Kier alpha value is -2.59. The quantitative estimate of drug-likeness (QED) is 0.587. The number of sulfonamides is 1. The molecule has 1 amide bonds. The molecule has 0 unspecified atom stereocenters. The van der Waals surface area contributed by atoms with E-state index in [9.17, 15) is 13.2 Å². The molecule has 30 heavy (non-hydrogen) atoms. The molecule has 1 aliphatic carbocycles. The summed E-state index contributed by atoms with van der Waals surface area (Å²) in [6.45, 7) is 6.01. The highest BCUT2D eigenvalue weighted by molar-refractivity contribution is 7.89. The molecule has 0 bridgehead atoms. The third-order valence-electron chi connectivity index (χ3n) is 5.30. The number of H-pyrrole nitrogens is 1. The zero-order valence-electron chi connectivity index (χ0n) is 17.3. The summed E-state index contributed by atoms with van der Waals surface area (Å²) >= 11 is 0. The highest BCUT2D eigenvalue weighted by Gasteiger charge is 2.31. The number of alkyl carbamates (subject to hydrolysis) is 1. The molecular weight excluding hydrogens is 406 g/mol. The van der Waals surface area contributed by atoms with Gasteiger partial charge < -0.3 is 15.4 Å². The van der Waals surface area contributed by atoms with E-state index in [-0.39, 0.29) is 30.2 Å². The number of hydrogen-bond acceptors (Lipinski definition) is 6. The zero-order chi connectivity index (χ0) is 21.5. The molecule has 2 heterocycles. The molecule has 0 radical (unpaired) electrons. The number of nitrogens with one attached hydrogen (secondary N) is 4. The van der Waals surface area contributed by atoms with Gasteiger partial charge in [0, 0.05) is 41.0 Å². The smallest absolute Gasteiger partial charge is 0.407 e. The molecule has 9 nitrogen and oxygen atoms in total. The Morgan fingerprint density at radius 1 is 1.27 bits per heavy atom. The van der Waals surface area contributed by atoms with Crippen LogP contribution >= 0.6 is 0 Å². The lowest BCUT2D eigenvalue weighted by Gasteiger charge is -2.22. The fourth-order valence-corrected chi connectivity index (χ4v) is 5.18. The van der Waals surface area contributed by atoms with Gasteiger partial charge in [-0.3, -0.25) is 5.10 Å². The van der Waals surface area contributed by atoms with E-state index in [2.05, 4.69) is 25.6 Å². The molecule has 1 aromatic carbocycles. The molecule has 4 rings (SSSR count). The largest absolute Gasteiger partial charge is 0.446 e. The maximum Gasteiger partial charge on any atom is 0.407 e. The van der Waals surface area contributed by atoms with E-state index < -0.39 is 10.0 Å². The van der Waals surface area contributed by atoms with Crippen molar-refractivity contribution in [3.8, 4) is 0 Å². The molecule has 1 saturated carbocycles. The first-order valence-electron chi connectivity index (χ1n) is 10.0. The van der Waals surface area contributed by atoms with Crippen LogP contribution in [0.5, 0.6) is 0 Å². The number of amides is 1. The Bertz CT molecular complexity index is 1060. The SMILES string of the molecule is CC(C)(C)NC(=O)O[C@@H]1CC[C@H](c2cc(Nc3cccc4c3CNS4(=O)=O)n[nH]2)C1. The summed E-state index contributed by atoms with van der Waals surface area (Å²) in [7, 11) is -3.42. The van der Waals surface area contributed by atoms with Crippen LogP contribution in [0.3, 0.4) is 0 Å². The second-order valence-corrected chi connectivity index (χ2v) is 10.6. The Kier molecular flexibility index (Phi) is 5.23. The minimum absolute atomic E-state index is 0.120. The monoisotopic (exact) mass is 433 g/mol. The number of anilines is 2. The van der Waals surface area contributed by atoms with Crippen LogP contribution in [0.25, 0.3) is 0 Å². The third-order valence-corrected chi connectivity index (χ3v) is 6.78. The molecule has 1 fully saturated rings. The van der Waals surface area contributed by atoms with Crippen LogP contribution in [-0.2, 0) is 21.3 Å². The molecule has 162 valence electrons. The van der Waals surface area contributed by atoms with E-state index in [4.69, 9.17) is 4.74 Å².